The fraction of sp³-hybridized carbons (Fsp3) is 0.500. The van der Waals surface area contributed by atoms with Gasteiger partial charge in [0.2, 0.25) is 5.91 Å². The van der Waals surface area contributed by atoms with Gasteiger partial charge in [0.15, 0.2) is 0 Å². The maximum atomic E-state index is 13.5. The Morgan fingerprint density at radius 3 is 2.74 bits per heavy atom. The summed E-state index contributed by atoms with van der Waals surface area (Å²) in [7, 11) is 0. The molecule has 2 N–H and O–H groups in total. The second-order valence-corrected chi connectivity index (χ2v) is 4.84. The molecule has 0 spiro atoms. The van der Waals surface area contributed by atoms with Crippen molar-refractivity contribution in [2.24, 2.45) is 0 Å². The zero-order chi connectivity index (χ0) is 13.8. The standard InChI is InChI=1S/C14H19FN2O2/c1-9-5-11(6-10(2)13(9)15)7-17-14(18)12-8-19-4-3-16-12/h5-6,12,16H,3-4,7-8H2,1-2H3,(H,17,18). The van der Waals surface area contributed by atoms with Crippen LogP contribution in [0.3, 0.4) is 0 Å². The Bertz CT molecular complexity index is 448. The lowest BCUT2D eigenvalue weighted by molar-refractivity contribution is -0.126. The van der Waals surface area contributed by atoms with Gasteiger partial charge < -0.3 is 15.4 Å². The van der Waals surface area contributed by atoms with E-state index in [0.717, 1.165) is 5.56 Å². The van der Waals surface area contributed by atoms with Crippen molar-refractivity contribution in [3.05, 3.63) is 34.6 Å². The Kier molecular flexibility index (Phi) is 4.50. The van der Waals surface area contributed by atoms with Crippen LogP contribution in [-0.2, 0) is 16.1 Å². The van der Waals surface area contributed by atoms with Crippen LogP contribution in [0.1, 0.15) is 16.7 Å². The summed E-state index contributed by atoms with van der Waals surface area (Å²) in [6.45, 7) is 5.58. The lowest BCUT2D eigenvalue weighted by Crippen LogP contribution is -2.51. The van der Waals surface area contributed by atoms with E-state index in [2.05, 4.69) is 10.6 Å². The predicted molar refractivity (Wildman–Crippen MR) is 70.3 cm³/mol. The van der Waals surface area contributed by atoms with Crippen LogP contribution in [-0.4, -0.2) is 31.7 Å². The highest BCUT2D eigenvalue weighted by molar-refractivity contribution is 5.81. The van der Waals surface area contributed by atoms with Gasteiger partial charge in [-0.05, 0) is 30.5 Å². The first kappa shape index (κ1) is 14.0. The van der Waals surface area contributed by atoms with E-state index in [1.807, 2.05) is 0 Å². The topological polar surface area (TPSA) is 50.4 Å². The van der Waals surface area contributed by atoms with Crippen LogP contribution in [0.5, 0.6) is 0 Å². The van der Waals surface area contributed by atoms with Crippen LogP contribution in [0.2, 0.25) is 0 Å². The molecule has 1 amide bonds. The van der Waals surface area contributed by atoms with E-state index < -0.39 is 0 Å². The highest BCUT2D eigenvalue weighted by atomic mass is 19.1. The molecule has 5 heteroatoms. The molecule has 1 aliphatic rings. The molecule has 1 unspecified atom stereocenters. The first-order chi connectivity index (χ1) is 9.08. The molecule has 0 aromatic heterocycles. The maximum absolute atomic E-state index is 13.5. The fourth-order valence-electron chi connectivity index (χ4n) is 2.18. The van der Waals surface area contributed by atoms with Gasteiger partial charge in [-0.25, -0.2) is 4.39 Å². The number of amides is 1. The number of rotatable bonds is 3. The van der Waals surface area contributed by atoms with Crippen LogP contribution in [0.15, 0.2) is 12.1 Å². The monoisotopic (exact) mass is 266 g/mol. The van der Waals surface area contributed by atoms with Crippen molar-refractivity contribution in [3.63, 3.8) is 0 Å². The Balaban J connectivity index is 1.93. The Hall–Kier alpha value is -1.46. The number of carbonyl (C=O) groups is 1. The molecule has 104 valence electrons. The number of aryl methyl sites for hydroxylation is 2. The summed E-state index contributed by atoms with van der Waals surface area (Å²) in [5, 5.41) is 5.93. The Morgan fingerprint density at radius 1 is 1.47 bits per heavy atom. The number of ether oxygens (including phenoxy) is 1. The van der Waals surface area contributed by atoms with Crippen molar-refractivity contribution >= 4 is 5.91 Å². The Morgan fingerprint density at radius 2 is 2.16 bits per heavy atom. The van der Waals surface area contributed by atoms with Crippen LogP contribution < -0.4 is 10.6 Å². The van der Waals surface area contributed by atoms with Gasteiger partial charge in [0, 0.05) is 13.1 Å². The highest BCUT2D eigenvalue weighted by Gasteiger charge is 2.20. The van der Waals surface area contributed by atoms with E-state index in [4.69, 9.17) is 4.74 Å². The minimum atomic E-state index is -0.295. The highest BCUT2D eigenvalue weighted by Crippen LogP contribution is 2.14. The van der Waals surface area contributed by atoms with E-state index in [0.29, 0.717) is 37.4 Å². The molecule has 0 bridgehead atoms. The van der Waals surface area contributed by atoms with Crippen LogP contribution in [0.4, 0.5) is 4.39 Å². The molecule has 4 nitrogen and oxygen atoms in total. The molecule has 1 fully saturated rings. The van der Waals surface area contributed by atoms with Gasteiger partial charge in [-0.2, -0.15) is 0 Å². The minimum absolute atomic E-state index is 0.0840. The second-order valence-electron chi connectivity index (χ2n) is 4.84. The number of hydrogen-bond donors (Lipinski definition) is 2. The molecule has 1 heterocycles. The van der Waals surface area contributed by atoms with E-state index in [1.54, 1.807) is 26.0 Å². The van der Waals surface area contributed by atoms with E-state index in [9.17, 15) is 9.18 Å². The summed E-state index contributed by atoms with van der Waals surface area (Å²) in [5.74, 6) is -0.267. The lowest BCUT2D eigenvalue weighted by Gasteiger charge is -2.23. The van der Waals surface area contributed by atoms with E-state index in [1.165, 1.54) is 0 Å². The molecular formula is C14H19FN2O2. The first-order valence-corrected chi connectivity index (χ1v) is 6.42. The molecule has 1 atom stereocenters. The zero-order valence-electron chi connectivity index (χ0n) is 11.3. The number of carbonyl (C=O) groups excluding carboxylic acids is 1. The van der Waals surface area contributed by atoms with Gasteiger partial charge in [-0.1, -0.05) is 12.1 Å². The predicted octanol–water partition coefficient (Wildman–Crippen LogP) is 1.05. The van der Waals surface area contributed by atoms with Crippen molar-refractivity contribution in [1.29, 1.82) is 0 Å². The number of morpholine rings is 1. The van der Waals surface area contributed by atoms with Gasteiger partial charge in [0.1, 0.15) is 11.9 Å². The number of benzene rings is 1. The molecule has 0 radical (unpaired) electrons. The molecular weight excluding hydrogens is 247 g/mol. The summed E-state index contributed by atoms with van der Waals surface area (Å²) < 4.78 is 18.7. The summed E-state index contributed by atoms with van der Waals surface area (Å²) in [4.78, 5) is 11.9. The van der Waals surface area contributed by atoms with Crippen LogP contribution >= 0.6 is 0 Å². The minimum Gasteiger partial charge on any atom is -0.378 e. The van der Waals surface area contributed by atoms with Gasteiger partial charge in [-0.3, -0.25) is 4.79 Å². The van der Waals surface area contributed by atoms with Gasteiger partial charge >= 0.3 is 0 Å². The molecule has 1 aromatic carbocycles. The van der Waals surface area contributed by atoms with E-state index >= 15 is 0 Å². The summed E-state index contributed by atoms with van der Waals surface area (Å²) in [5.41, 5.74) is 2.10. The quantitative estimate of drug-likeness (QED) is 0.859. The summed E-state index contributed by atoms with van der Waals surface area (Å²) in [6, 6.07) is 3.22. The average Bonchev–Trinajstić information content (AvgIpc) is 2.43. The third-order valence-electron chi connectivity index (χ3n) is 3.20. The van der Waals surface area contributed by atoms with Crippen molar-refractivity contribution in [2.75, 3.05) is 19.8 Å². The third kappa shape index (κ3) is 3.52. The number of halogens is 1. The average molecular weight is 266 g/mol. The molecule has 1 aliphatic heterocycles. The van der Waals surface area contributed by atoms with Gasteiger partial charge in [-0.15, -0.1) is 0 Å². The first-order valence-electron chi connectivity index (χ1n) is 6.42. The number of nitrogens with one attached hydrogen (secondary N) is 2. The van der Waals surface area contributed by atoms with Crippen molar-refractivity contribution < 1.29 is 13.9 Å². The smallest absolute Gasteiger partial charge is 0.239 e. The van der Waals surface area contributed by atoms with Crippen molar-refractivity contribution in [1.82, 2.24) is 10.6 Å². The van der Waals surface area contributed by atoms with Crippen LogP contribution in [0.25, 0.3) is 0 Å². The van der Waals surface area contributed by atoms with E-state index in [-0.39, 0.29) is 17.8 Å². The molecule has 2 rings (SSSR count). The van der Waals surface area contributed by atoms with Gasteiger partial charge in [0.25, 0.3) is 0 Å². The molecule has 19 heavy (non-hydrogen) atoms. The zero-order valence-corrected chi connectivity index (χ0v) is 11.3. The maximum Gasteiger partial charge on any atom is 0.239 e. The molecule has 1 saturated heterocycles. The second kappa shape index (κ2) is 6.12. The summed E-state index contributed by atoms with van der Waals surface area (Å²) >= 11 is 0. The normalized spacial score (nSPS) is 19.2. The number of hydrogen-bond acceptors (Lipinski definition) is 3. The Labute approximate surface area is 112 Å². The lowest BCUT2D eigenvalue weighted by atomic mass is 10.1. The SMILES string of the molecule is Cc1cc(CNC(=O)C2COCCN2)cc(C)c1F. The third-order valence-corrected chi connectivity index (χ3v) is 3.20. The molecule has 0 saturated carbocycles. The van der Waals surface area contributed by atoms with Gasteiger partial charge in [0.05, 0.1) is 13.2 Å². The largest absolute Gasteiger partial charge is 0.378 e. The fourth-order valence-corrected chi connectivity index (χ4v) is 2.18. The van der Waals surface area contributed by atoms with Crippen molar-refractivity contribution in [3.8, 4) is 0 Å². The van der Waals surface area contributed by atoms with Crippen molar-refractivity contribution in [2.45, 2.75) is 26.4 Å². The molecule has 1 aromatic rings. The molecule has 0 aliphatic carbocycles. The summed E-state index contributed by atoms with van der Waals surface area (Å²) in [6.07, 6.45) is 0. The van der Waals surface area contributed by atoms with Crippen LogP contribution in [0, 0.1) is 19.7 Å².